The molecule has 0 atom stereocenters. The molecule has 3 rings (SSSR count). The van der Waals surface area contributed by atoms with Gasteiger partial charge in [-0.25, -0.2) is 9.37 Å². The minimum Gasteiger partial charge on any atom is -0.382 e. The Morgan fingerprint density at radius 1 is 1.25 bits per heavy atom. The Kier molecular flexibility index (Phi) is 1.68. The molecule has 0 bridgehead atoms. The molecule has 0 amide bonds. The van der Waals surface area contributed by atoms with E-state index < -0.39 is 0 Å². The molecule has 0 radical (unpaired) electrons. The highest BCUT2D eigenvalue weighted by molar-refractivity contribution is 6.10. The number of aromatic nitrogens is 2. The SMILES string of the molecule is Cn1c2ccc(F)cc2c2ccnc(N)c21. The third kappa shape index (κ3) is 1.04. The average molecular weight is 215 g/mol. The maximum absolute atomic E-state index is 13.2. The van der Waals surface area contributed by atoms with Crippen LogP contribution in [0.4, 0.5) is 10.2 Å². The molecule has 3 aromatic rings. The van der Waals surface area contributed by atoms with E-state index in [1.165, 1.54) is 12.1 Å². The third-order valence-corrected chi connectivity index (χ3v) is 2.90. The van der Waals surface area contributed by atoms with Gasteiger partial charge in [-0.1, -0.05) is 0 Å². The maximum atomic E-state index is 13.2. The van der Waals surface area contributed by atoms with Crippen LogP contribution in [0.25, 0.3) is 21.8 Å². The van der Waals surface area contributed by atoms with E-state index in [-0.39, 0.29) is 5.82 Å². The molecular formula is C12H10FN3. The van der Waals surface area contributed by atoms with E-state index in [1.54, 1.807) is 12.3 Å². The standard InChI is InChI=1S/C12H10FN3/c1-16-10-3-2-7(13)6-9(10)8-4-5-15-12(14)11(8)16/h2-6H,1H3,(H2,14,15). The van der Waals surface area contributed by atoms with Crippen LogP contribution in [0.2, 0.25) is 0 Å². The van der Waals surface area contributed by atoms with Gasteiger partial charge in [0.05, 0.1) is 5.52 Å². The lowest BCUT2D eigenvalue weighted by Crippen LogP contribution is -1.95. The zero-order chi connectivity index (χ0) is 11.3. The van der Waals surface area contributed by atoms with Crippen LogP contribution in [0, 0.1) is 5.82 Å². The number of nitrogen functional groups attached to an aromatic ring is 1. The van der Waals surface area contributed by atoms with Gasteiger partial charge >= 0.3 is 0 Å². The van der Waals surface area contributed by atoms with E-state index in [1.807, 2.05) is 17.7 Å². The van der Waals surface area contributed by atoms with Crippen molar-refractivity contribution >= 4 is 27.6 Å². The summed E-state index contributed by atoms with van der Waals surface area (Å²) in [6, 6.07) is 6.58. The van der Waals surface area contributed by atoms with Crippen LogP contribution in [0.5, 0.6) is 0 Å². The van der Waals surface area contributed by atoms with Gasteiger partial charge in [0.25, 0.3) is 0 Å². The molecule has 80 valence electrons. The molecule has 1 aromatic carbocycles. The molecule has 0 fully saturated rings. The van der Waals surface area contributed by atoms with Crippen molar-refractivity contribution in [2.24, 2.45) is 7.05 Å². The Hall–Kier alpha value is -2.10. The summed E-state index contributed by atoms with van der Waals surface area (Å²) in [7, 11) is 1.90. The van der Waals surface area contributed by atoms with Crippen molar-refractivity contribution < 1.29 is 4.39 Å². The number of nitrogens with zero attached hydrogens (tertiary/aromatic N) is 2. The summed E-state index contributed by atoms with van der Waals surface area (Å²) < 4.78 is 15.2. The van der Waals surface area contributed by atoms with Crippen molar-refractivity contribution in [1.29, 1.82) is 0 Å². The monoisotopic (exact) mass is 215 g/mol. The zero-order valence-electron chi connectivity index (χ0n) is 8.74. The molecule has 0 aliphatic heterocycles. The van der Waals surface area contributed by atoms with E-state index in [0.29, 0.717) is 5.82 Å². The number of nitrogens with two attached hydrogens (primary N) is 1. The summed E-state index contributed by atoms with van der Waals surface area (Å²) in [4.78, 5) is 4.05. The Bertz CT molecular complexity index is 700. The lowest BCUT2D eigenvalue weighted by atomic mass is 10.2. The van der Waals surface area contributed by atoms with Crippen LogP contribution in [0.15, 0.2) is 30.5 Å². The Balaban J connectivity index is 2.65. The molecule has 2 aromatic heterocycles. The van der Waals surface area contributed by atoms with Gasteiger partial charge in [-0.15, -0.1) is 0 Å². The smallest absolute Gasteiger partial charge is 0.147 e. The Morgan fingerprint density at radius 2 is 2.06 bits per heavy atom. The molecule has 0 spiro atoms. The highest BCUT2D eigenvalue weighted by Crippen LogP contribution is 2.30. The van der Waals surface area contributed by atoms with Crippen LogP contribution in [0.3, 0.4) is 0 Å². The minimum atomic E-state index is -0.240. The van der Waals surface area contributed by atoms with Gasteiger partial charge in [0.2, 0.25) is 0 Å². The quantitative estimate of drug-likeness (QED) is 0.626. The molecule has 2 heterocycles. The third-order valence-electron chi connectivity index (χ3n) is 2.90. The number of hydrogen-bond donors (Lipinski definition) is 1. The van der Waals surface area contributed by atoms with Crippen molar-refractivity contribution in [3.63, 3.8) is 0 Å². The molecule has 3 nitrogen and oxygen atoms in total. The van der Waals surface area contributed by atoms with Crippen LogP contribution in [-0.2, 0) is 7.05 Å². The highest BCUT2D eigenvalue weighted by atomic mass is 19.1. The second kappa shape index (κ2) is 2.95. The highest BCUT2D eigenvalue weighted by Gasteiger charge is 2.11. The molecule has 0 aliphatic carbocycles. The zero-order valence-corrected chi connectivity index (χ0v) is 8.74. The predicted octanol–water partition coefficient (Wildman–Crippen LogP) is 2.45. The fourth-order valence-corrected chi connectivity index (χ4v) is 2.18. The second-order valence-electron chi connectivity index (χ2n) is 3.81. The molecule has 0 unspecified atom stereocenters. The van der Waals surface area contributed by atoms with E-state index >= 15 is 0 Å². The molecule has 2 N–H and O–H groups in total. The topological polar surface area (TPSA) is 43.8 Å². The first-order valence-electron chi connectivity index (χ1n) is 4.96. The first kappa shape index (κ1) is 9.15. The molecule has 0 aliphatic rings. The average Bonchev–Trinajstić information content (AvgIpc) is 2.54. The summed E-state index contributed by atoms with van der Waals surface area (Å²) >= 11 is 0. The van der Waals surface area contributed by atoms with Crippen molar-refractivity contribution in [1.82, 2.24) is 9.55 Å². The Morgan fingerprint density at radius 3 is 2.88 bits per heavy atom. The Labute approximate surface area is 91.3 Å². The van der Waals surface area contributed by atoms with Gasteiger partial charge < -0.3 is 10.3 Å². The summed E-state index contributed by atoms with van der Waals surface area (Å²) in [5, 5.41) is 1.80. The van der Waals surface area contributed by atoms with Crippen LogP contribution < -0.4 is 5.73 Å². The van der Waals surface area contributed by atoms with Crippen molar-refractivity contribution in [3.8, 4) is 0 Å². The van der Waals surface area contributed by atoms with Gasteiger partial charge in [0.1, 0.15) is 11.6 Å². The van der Waals surface area contributed by atoms with Crippen molar-refractivity contribution in [2.75, 3.05) is 5.73 Å². The number of fused-ring (bicyclic) bond motifs is 3. The second-order valence-corrected chi connectivity index (χ2v) is 3.81. The number of pyridine rings is 1. The molecule has 16 heavy (non-hydrogen) atoms. The minimum absolute atomic E-state index is 0.240. The van der Waals surface area contributed by atoms with Gasteiger partial charge in [-0.2, -0.15) is 0 Å². The summed E-state index contributed by atoms with van der Waals surface area (Å²) in [5.74, 6) is 0.229. The maximum Gasteiger partial charge on any atom is 0.147 e. The number of rotatable bonds is 0. The van der Waals surface area contributed by atoms with Gasteiger partial charge in [-0.05, 0) is 24.3 Å². The van der Waals surface area contributed by atoms with Crippen LogP contribution in [-0.4, -0.2) is 9.55 Å². The van der Waals surface area contributed by atoms with E-state index in [2.05, 4.69) is 4.98 Å². The van der Waals surface area contributed by atoms with Gasteiger partial charge in [0.15, 0.2) is 0 Å². The molecule has 4 heteroatoms. The van der Waals surface area contributed by atoms with Crippen LogP contribution >= 0.6 is 0 Å². The number of benzene rings is 1. The largest absolute Gasteiger partial charge is 0.382 e. The number of hydrogen-bond acceptors (Lipinski definition) is 2. The van der Waals surface area contributed by atoms with Gasteiger partial charge in [0, 0.05) is 29.5 Å². The predicted molar refractivity (Wildman–Crippen MR) is 62.6 cm³/mol. The van der Waals surface area contributed by atoms with Crippen molar-refractivity contribution in [2.45, 2.75) is 0 Å². The van der Waals surface area contributed by atoms with E-state index in [9.17, 15) is 4.39 Å². The number of aryl methyl sites for hydroxylation is 1. The normalized spacial score (nSPS) is 11.4. The number of halogens is 1. The molecular weight excluding hydrogens is 205 g/mol. The van der Waals surface area contributed by atoms with E-state index in [4.69, 9.17) is 5.73 Å². The summed E-state index contributed by atoms with van der Waals surface area (Å²) in [6.07, 6.45) is 1.64. The lowest BCUT2D eigenvalue weighted by Gasteiger charge is -1.99. The van der Waals surface area contributed by atoms with Gasteiger partial charge in [-0.3, -0.25) is 0 Å². The molecule has 0 saturated heterocycles. The first-order chi connectivity index (χ1) is 7.68. The summed E-state index contributed by atoms with van der Waals surface area (Å²) in [6.45, 7) is 0. The first-order valence-corrected chi connectivity index (χ1v) is 4.96. The van der Waals surface area contributed by atoms with E-state index in [0.717, 1.165) is 21.8 Å². The fraction of sp³-hybridized carbons (Fsp3) is 0.0833. The van der Waals surface area contributed by atoms with Crippen molar-refractivity contribution in [3.05, 3.63) is 36.3 Å². The fourth-order valence-electron chi connectivity index (χ4n) is 2.18. The summed E-state index contributed by atoms with van der Waals surface area (Å²) in [5.41, 5.74) is 7.64. The number of anilines is 1. The lowest BCUT2D eigenvalue weighted by molar-refractivity contribution is 0.629. The van der Waals surface area contributed by atoms with Crippen LogP contribution in [0.1, 0.15) is 0 Å². The molecule has 0 saturated carbocycles.